The molecule has 0 aliphatic carbocycles. The Labute approximate surface area is 125 Å². The van der Waals surface area contributed by atoms with Gasteiger partial charge < -0.3 is 10.7 Å². The molecule has 21 heavy (non-hydrogen) atoms. The van der Waals surface area contributed by atoms with E-state index in [9.17, 15) is 4.79 Å². The second kappa shape index (κ2) is 6.90. The highest BCUT2D eigenvalue weighted by atomic mass is 16.1. The van der Waals surface area contributed by atoms with Gasteiger partial charge in [0.15, 0.2) is 0 Å². The van der Waals surface area contributed by atoms with Gasteiger partial charge in [0, 0.05) is 17.8 Å². The lowest BCUT2D eigenvalue weighted by Crippen LogP contribution is -2.28. The first-order valence-electron chi connectivity index (χ1n) is 7.02. The molecule has 4 heteroatoms. The van der Waals surface area contributed by atoms with Gasteiger partial charge in [-0.05, 0) is 42.2 Å². The monoisotopic (exact) mass is 283 g/mol. The molecule has 4 N–H and O–H groups in total. The van der Waals surface area contributed by atoms with E-state index in [1.54, 1.807) is 12.1 Å². The Morgan fingerprint density at radius 3 is 2.52 bits per heavy atom. The lowest BCUT2D eigenvalue weighted by atomic mass is 10.0. The molecule has 2 rings (SSSR count). The molecule has 2 aromatic rings. The molecule has 0 radical (unpaired) electrons. The van der Waals surface area contributed by atoms with Crippen molar-refractivity contribution in [2.45, 2.75) is 19.8 Å². The van der Waals surface area contributed by atoms with Gasteiger partial charge >= 0.3 is 0 Å². The molecular weight excluding hydrogens is 262 g/mol. The summed E-state index contributed by atoms with van der Waals surface area (Å²) in [5.74, 6) is 5.58. The molecule has 0 aliphatic rings. The molecule has 0 aromatic heterocycles. The third-order valence-electron chi connectivity index (χ3n) is 3.58. The molecule has 0 fully saturated rings. The van der Waals surface area contributed by atoms with Crippen LogP contribution in [0.1, 0.15) is 34.3 Å². The summed E-state index contributed by atoms with van der Waals surface area (Å²) in [5, 5.41) is 2.98. The van der Waals surface area contributed by atoms with Crippen LogP contribution < -0.4 is 16.6 Å². The van der Waals surface area contributed by atoms with Crippen LogP contribution in [-0.2, 0) is 0 Å². The quantitative estimate of drug-likeness (QED) is 0.584. The van der Waals surface area contributed by atoms with Crippen molar-refractivity contribution in [1.29, 1.82) is 0 Å². The number of hydrogen-bond donors (Lipinski definition) is 3. The number of nitrogens with two attached hydrogens (primary N) is 1. The fraction of sp³-hybridized carbons (Fsp3) is 0.235. The number of amides is 1. The van der Waals surface area contributed by atoms with Crippen LogP contribution >= 0.6 is 0 Å². The number of rotatable bonds is 5. The highest BCUT2D eigenvalue weighted by Gasteiger charge is 2.11. The van der Waals surface area contributed by atoms with E-state index in [1.807, 2.05) is 31.2 Å². The number of anilines is 1. The lowest BCUT2D eigenvalue weighted by molar-refractivity contribution is 0.0951. The molecule has 0 aliphatic heterocycles. The summed E-state index contributed by atoms with van der Waals surface area (Å²) in [6, 6.07) is 15.6. The summed E-state index contributed by atoms with van der Waals surface area (Å²) in [4.78, 5) is 12.2. The van der Waals surface area contributed by atoms with Crippen LogP contribution in [0, 0.1) is 6.92 Å². The molecule has 1 atom stereocenters. The minimum absolute atomic E-state index is 0.0566. The standard InChI is InChI=1S/C17H21N3O/c1-12-10-15(20-18)8-9-16(12)17(21)19-11-13(2)14-6-4-3-5-7-14/h3-10,13,20H,11,18H2,1-2H3,(H,19,21). The predicted molar refractivity (Wildman–Crippen MR) is 86.2 cm³/mol. The number of hydrazine groups is 1. The Bertz CT molecular complexity index is 611. The van der Waals surface area contributed by atoms with Gasteiger partial charge in [-0.1, -0.05) is 37.3 Å². The summed E-state index contributed by atoms with van der Waals surface area (Å²) in [6.45, 7) is 4.61. The van der Waals surface area contributed by atoms with Crippen LogP contribution in [-0.4, -0.2) is 12.5 Å². The second-order valence-corrected chi connectivity index (χ2v) is 5.20. The van der Waals surface area contributed by atoms with E-state index in [1.165, 1.54) is 5.56 Å². The predicted octanol–water partition coefficient (Wildman–Crippen LogP) is 2.81. The molecule has 0 heterocycles. The van der Waals surface area contributed by atoms with E-state index in [0.717, 1.165) is 11.3 Å². The normalized spacial score (nSPS) is 11.8. The number of carbonyl (C=O) groups is 1. The Balaban J connectivity index is 1.99. The average Bonchev–Trinajstić information content (AvgIpc) is 2.52. The summed E-state index contributed by atoms with van der Waals surface area (Å²) < 4.78 is 0. The van der Waals surface area contributed by atoms with E-state index >= 15 is 0 Å². The molecule has 0 saturated heterocycles. The fourth-order valence-corrected chi connectivity index (χ4v) is 2.25. The number of benzene rings is 2. The van der Waals surface area contributed by atoms with Gasteiger partial charge in [-0.25, -0.2) is 0 Å². The second-order valence-electron chi connectivity index (χ2n) is 5.20. The van der Waals surface area contributed by atoms with Crippen molar-refractivity contribution in [3.8, 4) is 0 Å². The van der Waals surface area contributed by atoms with Crippen molar-refractivity contribution in [3.63, 3.8) is 0 Å². The van der Waals surface area contributed by atoms with Crippen molar-refractivity contribution < 1.29 is 4.79 Å². The van der Waals surface area contributed by atoms with Crippen molar-refractivity contribution >= 4 is 11.6 Å². The Kier molecular flexibility index (Phi) is 4.95. The Hall–Kier alpha value is -2.33. The number of aryl methyl sites for hydroxylation is 1. The van der Waals surface area contributed by atoms with Crippen molar-refractivity contribution in [2.24, 2.45) is 5.84 Å². The van der Waals surface area contributed by atoms with Gasteiger partial charge in [0.05, 0.1) is 0 Å². The van der Waals surface area contributed by atoms with Crippen LogP contribution in [0.4, 0.5) is 5.69 Å². The van der Waals surface area contributed by atoms with Crippen LogP contribution in [0.3, 0.4) is 0 Å². The topological polar surface area (TPSA) is 67.1 Å². The Morgan fingerprint density at radius 1 is 1.19 bits per heavy atom. The van der Waals surface area contributed by atoms with E-state index in [0.29, 0.717) is 12.1 Å². The third-order valence-corrected chi connectivity index (χ3v) is 3.58. The first-order valence-corrected chi connectivity index (χ1v) is 7.02. The molecule has 0 saturated carbocycles. The fourth-order valence-electron chi connectivity index (χ4n) is 2.25. The van der Waals surface area contributed by atoms with Crippen molar-refractivity contribution in [3.05, 3.63) is 65.2 Å². The van der Waals surface area contributed by atoms with Crippen molar-refractivity contribution in [1.82, 2.24) is 5.32 Å². The zero-order valence-electron chi connectivity index (χ0n) is 12.4. The highest BCUT2D eigenvalue weighted by molar-refractivity contribution is 5.96. The van der Waals surface area contributed by atoms with Gasteiger partial charge in [0.1, 0.15) is 0 Å². The first kappa shape index (κ1) is 15.1. The molecule has 0 spiro atoms. The Morgan fingerprint density at radius 2 is 1.90 bits per heavy atom. The SMILES string of the molecule is Cc1cc(NN)ccc1C(=O)NCC(C)c1ccccc1. The molecule has 110 valence electrons. The summed E-state index contributed by atoms with van der Waals surface area (Å²) in [5.41, 5.74) is 6.16. The number of nitrogen functional groups attached to an aromatic ring is 1. The van der Waals surface area contributed by atoms with Gasteiger partial charge in [-0.2, -0.15) is 0 Å². The van der Waals surface area contributed by atoms with Crippen LogP contribution in [0.15, 0.2) is 48.5 Å². The largest absolute Gasteiger partial charge is 0.351 e. The lowest BCUT2D eigenvalue weighted by Gasteiger charge is -2.14. The average molecular weight is 283 g/mol. The zero-order valence-corrected chi connectivity index (χ0v) is 12.4. The van der Waals surface area contributed by atoms with E-state index < -0.39 is 0 Å². The number of nitrogens with one attached hydrogen (secondary N) is 2. The summed E-state index contributed by atoms with van der Waals surface area (Å²) in [7, 11) is 0. The maximum atomic E-state index is 12.2. The van der Waals surface area contributed by atoms with Crippen LogP contribution in [0.5, 0.6) is 0 Å². The van der Waals surface area contributed by atoms with Gasteiger partial charge in [0.2, 0.25) is 0 Å². The van der Waals surface area contributed by atoms with E-state index in [4.69, 9.17) is 5.84 Å². The van der Waals surface area contributed by atoms with E-state index in [2.05, 4.69) is 29.8 Å². The van der Waals surface area contributed by atoms with Crippen molar-refractivity contribution in [2.75, 3.05) is 12.0 Å². The minimum Gasteiger partial charge on any atom is -0.351 e. The van der Waals surface area contributed by atoms with Crippen LogP contribution in [0.2, 0.25) is 0 Å². The maximum absolute atomic E-state index is 12.2. The first-order chi connectivity index (χ1) is 10.1. The molecule has 1 unspecified atom stereocenters. The molecule has 0 bridgehead atoms. The minimum atomic E-state index is -0.0566. The maximum Gasteiger partial charge on any atom is 0.251 e. The third kappa shape index (κ3) is 3.83. The molecule has 2 aromatic carbocycles. The summed E-state index contributed by atoms with van der Waals surface area (Å²) >= 11 is 0. The van der Waals surface area contributed by atoms with Crippen LogP contribution in [0.25, 0.3) is 0 Å². The molecule has 1 amide bonds. The number of hydrogen-bond acceptors (Lipinski definition) is 3. The van der Waals surface area contributed by atoms with Gasteiger partial charge in [0.25, 0.3) is 5.91 Å². The van der Waals surface area contributed by atoms with Gasteiger partial charge in [-0.15, -0.1) is 0 Å². The zero-order chi connectivity index (χ0) is 15.2. The van der Waals surface area contributed by atoms with Gasteiger partial charge in [-0.3, -0.25) is 10.6 Å². The smallest absolute Gasteiger partial charge is 0.251 e. The molecular formula is C17H21N3O. The molecule has 4 nitrogen and oxygen atoms in total. The van der Waals surface area contributed by atoms with E-state index in [-0.39, 0.29) is 11.8 Å². The number of carbonyl (C=O) groups excluding carboxylic acids is 1. The highest BCUT2D eigenvalue weighted by Crippen LogP contribution is 2.16. The summed E-state index contributed by atoms with van der Waals surface area (Å²) in [6.07, 6.45) is 0.